The summed E-state index contributed by atoms with van der Waals surface area (Å²) in [6, 6.07) is 8.15. The van der Waals surface area contributed by atoms with Crippen LogP contribution < -0.4 is 14.2 Å². The maximum absolute atomic E-state index is 13.2. The average molecular weight is 384 g/mol. The molecule has 2 aromatic rings. The third-order valence-electron chi connectivity index (χ3n) is 4.47. The molecule has 1 fully saturated rings. The Morgan fingerprint density at radius 1 is 1.24 bits per heavy atom. The highest BCUT2D eigenvalue weighted by atomic mass is 35.5. The zero-order valence-electron chi connectivity index (χ0n) is 13.0. The minimum absolute atomic E-state index is 0.0616. The van der Waals surface area contributed by atoms with Crippen molar-refractivity contribution in [3.63, 3.8) is 0 Å². The van der Waals surface area contributed by atoms with Crippen molar-refractivity contribution in [3.05, 3.63) is 52.8 Å². The van der Waals surface area contributed by atoms with Crippen LogP contribution in [0.25, 0.3) is 0 Å². The topological polar surface area (TPSA) is 64.6 Å². The van der Waals surface area contributed by atoms with Crippen LogP contribution in [-0.4, -0.2) is 27.6 Å². The summed E-state index contributed by atoms with van der Waals surface area (Å²) in [5.74, 6) is 0.412. The molecule has 2 unspecified atom stereocenters. The molecule has 0 radical (unpaired) electrons. The number of hydrogen-bond donors (Lipinski definition) is 1. The van der Waals surface area contributed by atoms with Crippen molar-refractivity contribution < 1.29 is 21.7 Å². The second-order valence-corrected chi connectivity index (χ2v) is 8.02. The Morgan fingerprint density at radius 2 is 2.08 bits per heavy atom. The van der Waals surface area contributed by atoms with Crippen LogP contribution in [0.3, 0.4) is 0 Å². The van der Waals surface area contributed by atoms with Crippen molar-refractivity contribution in [2.75, 3.05) is 13.1 Å². The maximum atomic E-state index is 13.2. The van der Waals surface area contributed by atoms with E-state index < -0.39 is 15.9 Å². The number of piperidine rings is 1. The van der Waals surface area contributed by atoms with Gasteiger partial charge in [-0.05, 0) is 37.2 Å². The summed E-state index contributed by atoms with van der Waals surface area (Å²) in [6.07, 6.45) is 1.04. The number of hydrogen-bond acceptors (Lipinski definition) is 5. The third-order valence-corrected chi connectivity index (χ3v) is 6.01. The number of fused-ring (bicyclic) bond motifs is 3. The lowest BCUT2D eigenvalue weighted by molar-refractivity contribution is 0.176. The van der Waals surface area contributed by atoms with Crippen molar-refractivity contribution in [3.8, 4) is 11.5 Å². The van der Waals surface area contributed by atoms with E-state index in [4.69, 9.17) is 20.5 Å². The van der Waals surface area contributed by atoms with Crippen LogP contribution in [0, 0.1) is 5.82 Å². The molecule has 25 heavy (non-hydrogen) atoms. The second kappa shape index (κ2) is 6.16. The molecule has 1 saturated heterocycles. The average Bonchev–Trinajstić information content (AvgIpc) is 2.94. The van der Waals surface area contributed by atoms with Crippen LogP contribution in [-0.2, 0) is 10.1 Å². The molecule has 2 aliphatic heterocycles. The van der Waals surface area contributed by atoms with Crippen molar-refractivity contribution in [2.45, 2.75) is 23.3 Å². The fourth-order valence-corrected chi connectivity index (χ4v) is 4.45. The minimum Gasteiger partial charge on any atom is -0.488 e. The Labute approximate surface area is 149 Å². The first-order valence-corrected chi connectivity index (χ1v) is 9.63. The zero-order valence-corrected chi connectivity index (χ0v) is 14.6. The van der Waals surface area contributed by atoms with Crippen LogP contribution in [0.1, 0.15) is 17.9 Å². The molecule has 0 spiro atoms. The van der Waals surface area contributed by atoms with Crippen LogP contribution in [0.2, 0.25) is 5.02 Å². The molecule has 8 heteroatoms. The molecule has 0 bridgehead atoms. The SMILES string of the molecule is O=S(=O)(Oc1ccc2c(c1)OC1CNCCC21)c1ccc(F)c(Cl)c1. The normalized spacial score (nSPS) is 22.0. The standard InChI is InChI=1S/C17H15ClFNO4S/c18-14-8-11(2-4-15(14)19)25(21,22)24-10-1-3-12-13-5-6-20-9-17(13)23-16(12)7-10/h1-4,7-8,13,17,20H,5-6,9H2. The Balaban J connectivity index is 1.60. The first-order valence-electron chi connectivity index (χ1n) is 7.85. The lowest BCUT2D eigenvalue weighted by Gasteiger charge is -2.24. The number of ether oxygens (including phenoxy) is 1. The van der Waals surface area contributed by atoms with Gasteiger partial charge in [-0.15, -0.1) is 0 Å². The summed E-state index contributed by atoms with van der Waals surface area (Å²) in [6.45, 7) is 1.70. The van der Waals surface area contributed by atoms with Crippen molar-refractivity contribution in [1.29, 1.82) is 0 Å². The largest absolute Gasteiger partial charge is 0.488 e. The smallest absolute Gasteiger partial charge is 0.339 e. The van der Waals surface area contributed by atoms with E-state index >= 15 is 0 Å². The Kier molecular flexibility index (Phi) is 4.10. The molecule has 0 amide bonds. The van der Waals surface area contributed by atoms with Gasteiger partial charge in [-0.3, -0.25) is 0 Å². The lowest BCUT2D eigenvalue weighted by atomic mass is 9.90. The van der Waals surface area contributed by atoms with Gasteiger partial charge in [-0.2, -0.15) is 8.42 Å². The second-order valence-electron chi connectivity index (χ2n) is 6.07. The van der Waals surface area contributed by atoms with Crippen LogP contribution >= 0.6 is 11.6 Å². The van der Waals surface area contributed by atoms with Gasteiger partial charge in [0.05, 0.1) is 5.02 Å². The number of nitrogens with one attached hydrogen (secondary N) is 1. The molecule has 1 N–H and O–H groups in total. The highest BCUT2D eigenvalue weighted by Gasteiger charge is 2.36. The van der Waals surface area contributed by atoms with E-state index in [1.54, 1.807) is 12.1 Å². The summed E-state index contributed by atoms with van der Waals surface area (Å²) in [5, 5.41) is 3.00. The van der Waals surface area contributed by atoms with Gasteiger partial charge in [0.15, 0.2) is 0 Å². The van der Waals surface area contributed by atoms with Crippen LogP contribution in [0.4, 0.5) is 4.39 Å². The van der Waals surface area contributed by atoms with Gasteiger partial charge in [0, 0.05) is 24.1 Å². The first kappa shape index (κ1) is 16.6. The van der Waals surface area contributed by atoms with Gasteiger partial charge in [0.25, 0.3) is 0 Å². The Morgan fingerprint density at radius 3 is 2.88 bits per heavy atom. The van der Waals surface area contributed by atoms with Crippen molar-refractivity contribution in [2.24, 2.45) is 0 Å². The molecular weight excluding hydrogens is 369 g/mol. The first-order chi connectivity index (χ1) is 11.9. The van der Waals surface area contributed by atoms with E-state index in [2.05, 4.69) is 5.32 Å². The molecule has 132 valence electrons. The molecule has 0 aliphatic carbocycles. The number of rotatable bonds is 3. The highest BCUT2D eigenvalue weighted by molar-refractivity contribution is 7.87. The van der Waals surface area contributed by atoms with E-state index in [0.717, 1.165) is 43.3 Å². The van der Waals surface area contributed by atoms with Gasteiger partial charge in [-0.25, -0.2) is 4.39 Å². The third kappa shape index (κ3) is 3.07. The fourth-order valence-electron chi connectivity index (χ4n) is 3.25. The van der Waals surface area contributed by atoms with Gasteiger partial charge >= 0.3 is 10.1 Å². The van der Waals surface area contributed by atoms with Crippen molar-refractivity contribution in [1.82, 2.24) is 5.32 Å². The van der Waals surface area contributed by atoms with E-state index in [1.165, 1.54) is 0 Å². The monoisotopic (exact) mass is 383 g/mol. The maximum Gasteiger partial charge on any atom is 0.339 e. The van der Waals surface area contributed by atoms with Gasteiger partial charge in [-0.1, -0.05) is 17.7 Å². The van der Waals surface area contributed by atoms with Gasteiger partial charge in [0.2, 0.25) is 0 Å². The van der Waals surface area contributed by atoms with Crippen LogP contribution in [0.15, 0.2) is 41.3 Å². The summed E-state index contributed by atoms with van der Waals surface area (Å²) in [7, 11) is -4.11. The molecular formula is C17H15ClFNO4S. The molecule has 2 heterocycles. The Bertz CT molecular complexity index is 934. The van der Waals surface area contributed by atoms with E-state index in [1.807, 2.05) is 6.07 Å². The molecule has 4 rings (SSSR count). The zero-order chi connectivity index (χ0) is 17.6. The summed E-state index contributed by atoms with van der Waals surface area (Å²) >= 11 is 5.65. The van der Waals surface area contributed by atoms with E-state index in [-0.39, 0.29) is 21.8 Å². The minimum atomic E-state index is -4.11. The molecule has 2 aromatic carbocycles. The predicted molar refractivity (Wildman–Crippen MR) is 90.3 cm³/mol. The highest BCUT2D eigenvalue weighted by Crippen LogP contribution is 2.43. The summed E-state index contributed by atoms with van der Waals surface area (Å²) in [5.41, 5.74) is 1.07. The molecule has 2 aliphatic rings. The van der Waals surface area contributed by atoms with Crippen LogP contribution in [0.5, 0.6) is 11.5 Å². The molecule has 0 aromatic heterocycles. The Hall–Kier alpha value is -1.83. The van der Waals surface area contributed by atoms with E-state index in [0.29, 0.717) is 11.7 Å². The van der Waals surface area contributed by atoms with E-state index in [9.17, 15) is 12.8 Å². The quantitative estimate of drug-likeness (QED) is 0.825. The summed E-state index contributed by atoms with van der Waals surface area (Å²) < 4.78 is 49.0. The molecule has 5 nitrogen and oxygen atoms in total. The fraction of sp³-hybridized carbons (Fsp3) is 0.294. The molecule has 0 saturated carbocycles. The lowest BCUT2D eigenvalue weighted by Crippen LogP contribution is -2.39. The summed E-state index contributed by atoms with van der Waals surface area (Å²) in [4.78, 5) is -0.210. The van der Waals surface area contributed by atoms with Gasteiger partial charge < -0.3 is 14.2 Å². The predicted octanol–water partition coefficient (Wildman–Crippen LogP) is 3.08. The van der Waals surface area contributed by atoms with Gasteiger partial charge in [0.1, 0.15) is 28.3 Å². The number of benzene rings is 2. The number of halogens is 2. The van der Waals surface area contributed by atoms with Crippen molar-refractivity contribution >= 4 is 21.7 Å². The molecule has 2 atom stereocenters.